The van der Waals surface area contributed by atoms with Crippen LogP contribution in [0.4, 0.5) is 0 Å². The summed E-state index contributed by atoms with van der Waals surface area (Å²) in [6, 6.07) is 9.83. The molecule has 0 unspecified atom stereocenters. The molecule has 0 aliphatic heterocycles. The molecule has 1 N–H and O–H groups in total. The maximum atomic E-state index is 12.0. The van der Waals surface area contributed by atoms with E-state index in [4.69, 9.17) is 16.3 Å². The van der Waals surface area contributed by atoms with Crippen LogP contribution in [-0.4, -0.2) is 21.9 Å². The third kappa shape index (κ3) is 5.47. The number of halogens is 1. The number of carbonyl (C=O) groups excluding carboxylic acids is 1. The van der Waals surface area contributed by atoms with Gasteiger partial charge in [-0.05, 0) is 56.0 Å². The summed E-state index contributed by atoms with van der Waals surface area (Å²) in [5, 5.41) is 3.56. The molecule has 1 aromatic carbocycles. The van der Waals surface area contributed by atoms with Gasteiger partial charge in [0.05, 0.1) is 23.9 Å². The minimum Gasteiger partial charge on any atom is -0.493 e. The SMILES string of the molecule is Cc1ccc(C)c(OCCCCC(=O)NCc2cn3cc(Cl)ccc3n2)c1. The first-order valence-electron chi connectivity index (χ1n) is 9.11. The summed E-state index contributed by atoms with van der Waals surface area (Å²) in [6.45, 7) is 5.12. The van der Waals surface area contributed by atoms with Crippen molar-refractivity contribution < 1.29 is 9.53 Å². The second kappa shape index (κ2) is 8.91. The Morgan fingerprint density at radius 2 is 2.04 bits per heavy atom. The molecular formula is C21H24ClN3O2. The molecule has 2 aromatic heterocycles. The minimum atomic E-state index is 0.0248. The van der Waals surface area contributed by atoms with E-state index >= 15 is 0 Å². The molecule has 0 radical (unpaired) electrons. The van der Waals surface area contributed by atoms with Gasteiger partial charge in [-0.1, -0.05) is 23.7 Å². The zero-order chi connectivity index (χ0) is 19.2. The molecule has 3 rings (SSSR count). The highest BCUT2D eigenvalue weighted by atomic mass is 35.5. The van der Waals surface area contributed by atoms with Crippen molar-refractivity contribution in [1.82, 2.24) is 14.7 Å². The van der Waals surface area contributed by atoms with E-state index in [9.17, 15) is 4.79 Å². The van der Waals surface area contributed by atoms with Crippen molar-refractivity contribution in [1.29, 1.82) is 0 Å². The third-order valence-corrected chi connectivity index (χ3v) is 4.55. The lowest BCUT2D eigenvalue weighted by atomic mass is 10.1. The van der Waals surface area contributed by atoms with E-state index in [0.717, 1.165) is 35.5 Å². The highest BCUT2D eigenvalue weighted by Crippen LogP contribution is 2.19. The number of pyridine rings is 1. The van der Waals surface area contributed by atoms with Gasteiger partial charge in [0.25, 0.3) is 0 Å². The Morgan fingerprint density at radius 3 is 2.89 bits per heavy atom. The monoisotopic (exact) mass is 385 g/mol. The van der Waals surface area contributed by atoms with Crippen molar-refractivity contribution in [2.45, 2.75) is 39.7 Å². The van der Waals surface area contributed by atoms with Gasteiger partial charge in [-0.25, -0.2) is 4.98 Å². The highest BCUT2D eigenvalue weighted by Gasteiger charge is 2.06. The number of benzene rings is 1. The number of rotatable bonds is 8. The number of aryl methyl sites for hydroxylation is 2. The molecule has 0 aliphatic carbocycles. The molecule has 0 fully saturated rings. The van der Waals surface area contributed by atoms with Gasteiger partial charge in [-0.2, -0.15) is 0 Å². The maximum absolute atomic E-state index is 12.0. The number of amides is 1. The molecule has 142 valence electrons. The molecule has 0 saturated heterocycles. The van der Waals surface area contributed by atoms with Crippen molar-refractivity contribution in [2.24, 2.45) is 0 Å². The normalized spacial score (nSPS) is 10.9. The van der Waals surface area contributed by atoms with Gasteiger partial charge in [-0.3, -0.25) is 4.79 Å². The molecule has 27 heavy (non-hydrogen) atoms. The summed E-state index contributed by atoms with van der Waals surface area (Å²) in [5.74, 6) is 0.947. The van der Waals surface area contributed by atoms with E-state index in [0.29, 0.717) is 24.6 Å². The molecule has 1 amide bonds. The number of hydrogen-bond donors (Lipinski definition) is 1. The summed E-state index contributed by atoms with van der Waals surface area (Å²) in [5.41, 5.74) is 3.94. The van der Waals surface area contributed by atoms with E-state index < -0.39 is 0 Å². The number of hydrogen-bond acceptors (Lipinski definition) is 3. The molecule has 3 aromatic rings. The van der Waals surface area contributed by atoms with Crippen LogP contribution in [0, 0.1) is 13.8 Å². The Hall–Kier alpha value is -2.53. The zero-order valence-electron chi connectivity index (χ0n) is 15.7. The van der Waals surface area contributed by atoms with Crippen LogP contribution in [0.25, 0.3) is 5.65 Å². The number of nitrogens with zero attached hydrogens (tertiary/aromatic N) is 2. The summed E-state index contributed by atoms with van der Waals surface area (Å²) >= 11 is 5.97. The lowest BCUT2D eigenvalue weighted by Gasteiger charge is -2.10. The van der Waals surface area contributed by atoms with Gasteiger partial charge in [-0.15, -0.1) is 0 Å². The highest BCUT2D eigenvalue weighted by molar-refractivity contribution is 6.30. The number of imidazole rings is 1. The number of unbranched alkanes of at least 4 members (excludes halogenated alkanes) is 1. The van der Waals surface area contributed by atoms with Crippen LogP contribution < -0.4 is 10.1 Å². The van der Waals surface area contributed by atoms with Crippen LogP contribution >= 0.6 is 11.6 Å². The van der Waals surface area contributed by atoms with Crippen LogP contribution in [0.2, 0.25) is 5.02 Å². The van der Waals surface area contributed by atoms with Crippen molar-refractivity contribution in [2.75, 3.05) is 6.61 Å². The summed E-state index contributed by atoms with van der Waals surface area (Å²) in [4.78, 5) is 16.5. The molecule has 0 bridgehead atoms. The molecule has 0 aliphatic rings. The topological polar surface area (TPSA) is 55.6 Å². The average Bonchev–Trinajstić information content (AvgIpc) is 3.04. The van der Waals surface area contributed by atoms with Crippen molar-refractivity contribution >= 4 is 23.2 Å². The Bertz CT molecular complexity index is 936. The summed E-state index contributed by atoms with van der Waals surface area (Å²) in [7, 11) is 0. The Kier molecular flexibility index (Phi) is 6.35. The van der Waals surface area contributed by atoms with Gasteiger partial charge in [0.15, 0.2) is 0 Å². The quantitative estimate of drug-likeness (QED) is 0.582. The fourth-order valence-corrected chi connectivity index (χ4v) is 2.98. The van der Waals surface area contributed by atoms with Crippen LogP contribution in [0.15, 0.2) is 42.7 Å². The van der Waals surface area contributed by atoms with Crippen LogP contribution in [0.1, 0.15) is 36.1 Å². The fourth-order valence-electron chi connectivity index (χ4n) is 2.81. The van der Waals surface area contributed by atoms with Crippen LogP contribution in [0.3, 0.4) is 0 Å². The molecule has 0 atom stereocenters. The standard InChI is InChI=1S/C21H24ClN3O2/c1-15-6-7-16(2)19(11-15)27-10-4-3-5-21(26)23-12-18-14-25-13-17(22)8-9-20(25)24-18/h6-9,11,13-14H,3-5,10,12H2,1-2H3,(H,23,26). The number of fused-ring (bicyclic) bond motifs is 1. The smallest absolute Gasteiger partial charge is 0.220 e. The number of nitrogens with one attached hydrogen (secondary N) is 1. The van der Waals surface area contributed by atoms with Crippen LogP contribution in [-0.2, 0) is 11.3 Å². The maximum Gasteiger partial charge on any atom is 0.220 e. The number of carbonyl (C=O) groups is 1. The van der Waals surface area contributed by atoms with Gasteiger partial charge < -0.3 is 14.5 Å². The summed E-state index contributed by atoms with van der Waals surface area (Å²) in [6.07, 6.45) is 5.78. The number of ether oxygens (including phenoxy) is 1. The molecule has 0 spiro atoms. The zero-order valence-corrected chi connectivity index (χ0v) is 16.4. The van der Waals surface area contributed by atoms with Gasteiger partial charge >= 0.3 is 0 Å². The Balaban J connectivity index is 1.36. The molecule has 5 nitrogen and oxygen atoms in total. The van der Waals surface area contributed by atoms with E-state index in [1.54, 1.807) is 12.3 Å². The predicted octanol–water partition coefficient (Wildman–Crippen LogP) is 4.47. The van der Waals surface area contributed by atoms with E-state index in [1.807, 2.05) is 36.6 Å². The van der Waals surface area contributed by atoms with E-state index in [1.165, 1.54) is 5.56 Å². The van der Waals surface area contributed by atoms with Crippen LogP contribution in [0.5, 0.6) is 5.75 Å². The van der Waals surface area contributed by atoms with E-state index in [-0.39, 0.29) is 5.91 Å². The first-order chi connectivity index (χ1) is 13.0. The van der Waals surface area contributed by atoms with Crippen molar-refractivity contribution in [3.8, 4) is 5.75 Å². The first-order valence-corrected chi connectivity index (χ1v) is 9.49. The minimum absolute atomic E-state index is 0.0248. The Labute approximate surface area is 164 Å². The Morgan fingerprint density at radius 1 is 1.19 bits per heavy atom. The molecule has 6 heteroatoms. The van der Waals surface area contributed by atoms with E-state index in [2.05, 4.69) is 22.4 Å². The second-order valence-electron chi connectivity index (χ2n) is 6.70. The lowest BCUT2D eigenvalue weighted by Crippen LogP contribution is -2.22. The van der Waals surface area contributed by atoms with Gasteiger partial charge in [0.1, 0.15) is 11.4 Å². The first kappa shape index (κ1) is 19.2. The largest absolute Gasteiger partial charge is 0.493 e. The van der Waals surface area contributed by atoms with Crippen molar-refractivity contribution in [3.05, 3.63) is 64.6 Å². The predicted molar refractivity (Wildman–Crippen MR) is 107 cm³/mol. The molecule has 0 saturated carbocycles. The lowest BCUT2D eigenvalue weighted by molar-refractivity contribution is -0.121. The van der Waals surface area contributed by atoms with Crippen molar-refractivity contribution in [3.63, 3.8) is 0 Å². The van der Waals surface area contributed by atoms with Gasteiger partial charge in [0.2, 0.25) is 5.91 Å². The average molecular weight is 386 g/mol. The fraction of sp³-hybridized carbons (Fsp3) is 0.333. The number of aromatic nitrogens is 2. The summed E-state index contributed by atoms with van der Waals surface area (Å²) < 4.78 is 7.67. The van der Waals surface area contributed by atoms with Gasteiger partial charge in [0, 0.05) is 18.8 Å². The molecule has 2 heterocycles. The third-order valence-electron chi connectivity index (χ3n) is 4.33. The molecular weight excluding hydrogens is 362 g/mol. The second-order valence-corrected chi connectivity index (χ2v) is 7.13.